The van der Waals surface area contributed by atoms with E-state index in [1.54, 1.807) is 0 Å². The smallest absolute Gasteiger partial charge is 0.311 e. The summed E-state index contributed by atoms with van der Waals surface area (Å²) in [6.45, 7) is 8.08. The lowest BCUT2D eigenvalue weighted by molar-refractivity contribution is -0.165. The second-order valence-electron chi connectivity index (χ2n) is 9.77. The Labute approximate surface area is 174 Å². The number of esters is 2. The zero-order chi connectivity index (χ0) is 21.2. The van der Waals surface area contributed by atoms with Crippen molar-refractivity contribution in [1.29, 1.82) is 0 Å². The van der Waals surface area contributed by atoms with Crippen LogP contribution in [-0.4, -0.2) is 35.4 Å². The molecule has 1 N–H and O–H groups in total. The molecule has 3 rings (SSSR count). The lowest BCUT2D eigenvalue weighted by Crippen LogP contribution is -2.41. The minimum Gasteiger partial charge on any atom is -0.462 e. The second-order valence-corrected chi connectivity index (χ2v) is 9.77. The summed E-state index contributed by atoms with van der Waals surface area (Å²) in [5, 5.41) is 9.87. The molecule has 0 aromatic rings. The predicted molar refractivity (Wildman–Crippen MR) is 111 cm³/mol. The van der Waals surface area contributed by atoms with Crippen LogP contribution in [0, 0.1) is 23.2 Å². The number of carbonyl (C=O) groups is 2. The first-order chi connectivity index (χ1) is 13.7. The Morgan fingerprint density at radius 1 is 1.31 bits per heavy atom. The Morgan fingerprint density at radius 2 is 2.07 bits per heavy atom. The van der Waals surface area contributed by atoms with Crippen LogP contribution in [0.5, 0.6) is 0 Å². The van der Waals surface area contributed by atoms with Crippen LogP contribution in [0.15, 0.2) is 23.8 Å². The monoisotopic (exact) mass is 404 g/mol. The van der Waals surface area contributed by atoms with Crippen molar-refractivity contribution in [3.63, 3.8) is 0 Å². The molecule has 0 saturated carbocycles. The third-order valence-corrected chi connectivity index (χ3v) is 6.91. The normalized spacial score (nSPS) is 34.8. The Morgan fingerprint density at radius 3 is 2.76 bits per heavy atom. The van der Waals surface area contributed by atoms with Crippen molar-refractivity contribution in [2.24, 2.45) is 23.2 Å². The van der Waals surface area contributed by atoms with Crippen LogP contribution in [0.1, 0.15) is 72.6 Å². The summed E-state index contributed by atoms with van der Waals surface area (Å²) in [6, 6.07) is 0. The number of aliphatic hydroxyl groups is 1. The molecule has 1 aliphatic heterocycles. The molecule has 162 valence electrons. The first-order valence-electron chi connectivity index (χ1n) is 11.2. The summed E-state index contributed by atoms with van der Waals surface area (Å²) < 4.78 is 11.5. The zero-order valence-corrected chi connectivity index (χ0v) is 18.2. The molecule has 0 aromatic carbocycles. The quantitative estimate of drug-likeness (QED) is 0.667. The summed E-state index contributed by atoms with van der Waals surface area (Å²) in [5.74, 6) is 0.492. The van der Waals surface area contributed by atoms with Crippen molar-refractivity contribution in [3.05, 3.63) is 23.8 Å². The largest absolute Gasteiger partial charge is 0.462 e. The summed E-state index contributed by atoms with van der Waals surface area (Å²) in [5.41, 5.74) is 0.796. The summed E-state index contributed by atoms with van der Waals surface area (Å²) in [7, 11) is 0. The fraction of sp³-hybridized carbons (Fsp3) is 0.750. The molecule has 0 aromatic heterocycles. The van der Waals surface area contributed by atoms with Crippen LogP contribution >= 0.6 is 0 Å². The average Bonchev–Trinajstić information content (AvgIpc) is 2.65. The molecule has 0 spiro atoms. The van der Waals surface area contributed by atoms with E-state index >= 15 is 0 Å². The molecule has 1 heterocycles. The maximum atomic E-state index is 12.8. The SMILES string of the molecule is CCC(C)(C)C(=O)O[C@H]1C[C@@H](C)C=C2C=CC[C@H](CC[C@@H]3C[C@@H](O)CC(=O)O3)[C@H]21. The number of carbonyl (C=O) groups excluding carboxylic acids is 2. The number of hydrogen-bond donors (Lipinski definition) is 1. The van der Waals surface area contributed by atoms with Crippen molar-refractivity contribution < 1.29 is 24.2 Å². The van der Waals surface area contributed by atoms with Gasteiger partial charge in [-0.25, -0.2) is 0 Å². The van der Waals surface area contributed by atoms with Crippen LogP contribution in [-0.2, 0) is 19.1 Å². The van der Waals surface area contributed by atoms with Gasteiger partial charge in [-0.1, -0.05) is 32.1 Å². The summed E-state index contributed by atoms with van der Waals surface area (Å²) in [6.07, 6.45) is 10.6. The molecule has 5 nitrogen and oxygen atoms in total. The highest BCUT2D eigenvalue weighted by molar-refractivity contribution is 5.76. The van der Waals surface area contributed by atoms with Gasteiger partial charge in [0, 0.05) is 12.3 Å². The van der Waals surface area contributed by atoms with Crippen LogP contribution in [0.2, 0.25) is 0 Å². The minimum absolute atomic E-state index is 0.0985. The zero-order valence-electron chi connectivity index (χ0n) is 18.2. The van der Waals surface area contributed by atoms with E-state index in [1.807, 2.05) is 20.8 Å². The predicted octanol–water partition coefficient (Wildman–Crippen LogP) is 4.34. The fourth-order valence-corrected chi connectivity index (χ4v) is 4.80. The van der Waals surface area contributed by atoms with E-state index in [2.05, 4.69) is 25.2 Å². The molecule has 0 amide bonds. The molecule has 1 saturated heterocycles. The van der Waals surface area contributed by atoms with Crippen molar-refractivity contribution in [2.75, 3.05) is 0 Å². The first kappa shape index (κ1) is 22.1. The highest BCUT2D eigenvalue weighted by Gasteiger charge is 2.41. The first-order valence-corrected chi connectivity index (χ1v) is 11.2. The minimum atomic E-state index is -0.594. The third-order valence-electron chi connectivity index (χ3n) is 6.91. The van der Waals surface area contributed by atoms with Crippen molar-refractivity contribution in [1.82, 2.24) is 0 Å². The number of rotatable bonds is 6. The average molecular weight is 405 g/mol. The highest BCUT2D eigenvalue weighted by Crippen LogP contribution is 2.43. The Kier molecular flexibility index (Phi) is 6.87. The van der Waals surface area contributed by atoms with E-state index in [-0.39, 0.29) is 36.5 Å². The van der Waals surface area contributed by atoms with E-state index in [4.69, 9.17) is 9.47 Å². The van der Waals surface area contributed by atoms with Crippen LogP contribution in [0.4, 0.5) is 0 Å². The van der Waals surface area contributed by atoms with Gasteiger partial charge >= 0.3 is 11.9 Å². The molecule has 29 heavy (non-hydrogen) atoms. The number of allylic oxidation sites excluding steroid dienone is 3. The highest BCUT2D eigenvalue weighted by atomic mass is 16.6. The molecule has 2 aliphatic carbocycles. The number of cyclic esters (lactones) is 1. The number of ether oxygens (including phenoxy) is 2. The number of aliphatic hydroxyl groups excluding tert-OH is 1. The van der Waals surface area contributed by atoms with Gasteiger partial charge in [-0.05, 0) is 63.4 Å². The standard InChI is InChI=1S/C24H36O5/c1-5-24(3,4)23(27)29-20-12-15(2)11-17-8-6-7-16(22(17)20)9-10-19-13-18(25)14-21(26)28-19/h6,8,11,15-16,18-20,22,25H,5,7,9-10,12-14H2,1-4H3/t15-,16+,18+,19+,20-,22+/m0/s1. The molecule has 6 atom stereocenters. The molecular formula is C24H36O5. The molecule has 0 unspecified atom stereocenters. The van der Waals surface area contributed by atoms with Gasteiger partial charge in [0.15, 0.2) is 0 Å². The second kappa shape index (κ2) is 9.03. The lowest BCUT2D eigenvalue weighted by Gasteiger charge is -2.42. The van der Waals surface area contributed by atoms with Gasteiger partial charge in [-0.2, -0.15) is 0 Å². The lowest BCUT2D eigenvalue weighted by atomic mass is 9.68. The molecular weight excluding hydrogens is 368 g/mol. The van der Waals surface area contributed by atoms with E-state index in [0.717, 1.165) is 32.1 Å². The maximum absolute atomic E-state index is 12.8. The van der Waals surface area contributed by atoms with Gasteiger partial charge in [0.25, 0.3) is 0 Å². The van der Waals surface area contributed by atoms with Crippen LogP contribution < -0.4 is 0 Å². The Bertz CT molecular complexity index is 677. The van der Waals surface area contributed by atoms with Crippen molar-refractivity contribution >= 4 is 11.9 Å². The van der Waals surface area contributed by atoms with Gasteiger partial charge in [0.05, 0.1) is 17.9 Å². The molecule has 3 aliphatic rings. The van der Waals surface area contributed by atoms with E-state index in [1.165, 1.54) is 5.57 Å². The number of hydrogen-bond acceptors (Lipinski definition) is 5. The summed E-state index contributed by atoms with van der Waals surface area (Å²) in [4.78, 5) is 24.4. The fourth-order valence-electron chi connectivity index (χ4n) is 4.80. The summed E-state index contributed by atoms with van der Waals surface area (Å²) >= 11 is 0. The molecule has 5 heteroatoms. The molecule has 0 radical (unpaired) electrons. The van der Waals surface area contributed by atoms with Gasteiger partial charge in [0.2, 0.25) is 0 Å². The van der Waals surface area contributed by atoms with Gasteiger partial charge in [-0.15, -0.1) is 0 Å². The van der Waals surface area contributed by atoms with Gasteiger partial charge in [-0.3, -0.25) is 9.59 Å². The Hall–Kier alpha value is -1.62. The molecule has 1 fully saturated rings. The van der Waals surface area contributed by atoms with Crippen molar-refractivity contribution in [2.45, 2.75) is 91.0 Å². The van der Waals surface area contributed by atoms with Gasteiger partial charge in [0.1, 0.15) is 12.2 Å². The Balaban J connectivity index is 1.71. The van der Waals surface area contributed by atoms with Crippen LogP contribution in [0.3, 0.4) is 0 Å². The van der Waals surface area contributed by atoms with Crippen molar-refractivity contribution in [3.8, 4) is 0 Å². The molecule has 0 bridgehead atoms. The third kappa shape index (κ3) is 5.30. The maximum Gasteiger partial charge on any atom is 0.311 e. The topological polar surface area (TPSA) is 72.8 Å². The van der Waals surface area contributed by atoms with Crippen LogP contribution in [0.25, 0.3) is 0 Å². The van der Waals surface area contributed by atoms with E-state index < -0.39 is 11.5 Å². The van der Waals surface area contributed by atoms with E-state index in [9.17, 15) is 14.7 Å². The van der Waals surface area contributed by atoms with E-state index in [0.29, 0.717) is 18.3 Å². The number of fused-ring (bicyclic) bond motifs is 1. The van der Waals surface area contributed by atoms with Gasteiger partial charge < -0.3 is 14.6 Å².